The highest BCUT2D eigenvalue weighted by atomic mass is 32.1. The Kier molecular flexibility index (Phi) is 6.84. The van der Waals surface area contributed by atoms with E-state index in [4.69, 9.17) is 14.9 Å². The minimum absolute atomic E-state index is 0.249. The van der Waals surface area contributed by atoms with E-state index >= 15 is 0 Å². The Labute approximate surface area is 184 Å². The van der Waals surface area contributed by atoms with E-state index < -0.39 is 0 Å². The third-order valence-corrected chi connectivity index (χ3v) is 5.91. The van der Waals surface area contributed by atoms with Crippen LogP contribution in [0.1, 0.15) is 24.1 Å². The number of nitrogens with one attached hydrogen (secondary N) is 1. The fourth-order valence-electron chi connectivity index (χ4n) is 3.22. The number of hydrogen-bond acceptors (Lipinski definition) is 6. The normalized spacial score (nSPS) is 11.4. The largest absolute Gasteiger partial charge is 0.487 e. The molecule has 0 radical (unpaired) electrons. The van der Waals surface area contributed by atoms with Crippen molar-refractivity contribution < 1.29 is 13.5 Å². The lowest BCUT2D eigenvalue weighted by atomic mass is 10.1. The second-order valence-electron chi connectivity index (χ2n) is 7.14. The summed E-state index contributed by atoms with van der Waals surface area (Å²) in [7, 11) is 0. The maximum atomic E-state index is 13.4. The van der Waals surface area contributed by atoms with Crippen molar-refractivity contribution in [2.24, 2.45) is 5.73 Å². The first-order valence-electron chi connectivity index (χ1n) is 10.2. The van der Waals surface area contributed by atoms with Gasteiger partial charge in [-0.1, -0.05) is 12.1 Å². The summed E-state index contributed by atoms with van der Waals surface area (Å²) in [5, 5.41) is 3.98. The number of ether oxygens (including phenoxy) is 1. The predicted molar refractivity (Wildman–Crippen MR) is 122 cm³/mol. The van der Waals surface area contributed by atoms with Gasteiger partial charge in [0.05, 0.1) is 4.88 Å². The lowest BCUT2D eigenvalue weighted by Crippen LogP contribution is -2.07. The lowest BCUT2D eigenvalue weighted by molar-refractivity contribution is 0.301. The summed E-state index contributed by atoms with van der Waals surface area (Å²) in [6.45, 7) is 1.25. The zero-order chi connectivity index (χ0) is 21.5. The topological polar surface area (TPSA) is 73.3 Å². The number of aryl methyl sites for hydroxylation is 1. The molecular formula is C24H24FN3O2S. The molecule has 0 atom stereocenters. The number of nitrogens with two attached hydrogens (primary N) is 1. The average molecular weight is 438 g/mol. The van der Waals surface area contributed by atoms with E-state index in [-0.39, 0.29) is 5.82 Å². The number of hydrogen-bond donors (Lipinski definition) is 2. The Morgan fingerprint density at radius 2 is 2.00 bits per heavy atom. The summed E-state index contributed by atoms with van der Waals surface area (Å²) in [5.41, 5.74) is 7.28. The van der Waals surface area contributed by atoms with E-state index in [1.54, 1.807) is 18.5 Å². The second kappa shape index (κ2) is 10.1. The van der Waals surface area contributed by atoms with Gasteiger partial charge in [0.1, 0.15) is 30.1 Å². The number of rotatable bonds is 10. The van der Waals surface area contributed by atoms with Crippen LogP contribution < -0.4 is 15.8 Å². The summed E-state index contributed by atoms with van der Waals surface area (Å²) >= 11 is 1.52. The highest BCUT2D eigenvalue weighted by Gasteiger charge is 2.11. The Morgan fingerprint density at radius 1 is 1.13 bits per heavy atom. The molecule has 4 rings (SSSR count). The molecule has 7 heteroatoms. The van der Waals surface area contributed by atoms with E-state index in [0.717, 1.165) is 46.5 Å². The number of fused-ring (bicyclic) bond motifs is 1. The van der Waals surface area contributed by atoms with Crippen LogP contribution in [-0.4, -0.2) is 11.5 Å². The summed E-state index contributed by atoms with van der Waals surface area (Å²) in [6.07, 6.45) is 8.09. The quantitative estimate of drug-likeness (QED) is 0.315. The van der Waals surface area contributed by atoms with Crippen molar-refractivity contribution in [3.63, 3.8) is 0 Å². The smallest absolute Gasteiger partial charge is 0.236 e. The molecule has 0 amide bonds. The van der Waals surface area contributed by atoms with Crippen LogP contribution in [0.4, 0.5) is 4.39 Å². The number of nitrogens with zero attached hydrogens (tertiary/aromatic N) is 1. The Morgan fingerprint density at radius 3 is 2.84 bits per heavy atom. The maximum absolute atomic E-state index is 13.4. The van der Waals surface area contributed by atoms with Crippen LogP contribution in [0, 0.1) is 5.82 Å². The van der Waals surface area contributed by atoms with Crippen LogP contribution in [0.15, 0.2) is 71.6 Å². The minimum atomic E-state index is -0.249. The first kappa shape index (κ1) is 20.9. The first-order valence-corrected chi connectivity index (χ1v) is 11.0. The van der Waals surface area contributed by atoms with Crippen LogP contribution >= 0.6 is 11.3 Å². The van der Waals surface area contributed by atoms with E-state index in [9.17, 15) is 4.39 Å². The van der Waals surface area contributed by atoms with Gasteiger partial charge in [-0.2, -0.15) is 0 Å². The molecular weight excluding hydrogens is 413 g/mol. The van der Waals surface area contributed by atoms with Crippen molar-refractivity contribution in [3.05, 3.63) is 84.3 Å². The van der Waals surface area contributed by atoms with Crippen molar-refractivity contribution in [1.29, 1.82) is 0 Å². The minimum Gasteiger partial charge on any atom is -0.487 e. The molecule has 3 N–H and O–H groups in total. The van der Waals surface area contributed by atoms with Gasteiger partial charge in [-0.05, 0) is 66.6 Å². The molecule has 0 aliphatic carbocycles. The third-order valence-electron chi connectivity index (χ3n) is 4.80. The second-order valence-corrected chi connectivity index (χ2v) is 8.22. The standard InChI is InChI=1S/C24H24FN3O2S/c25-19-6-9-22-18(13-19)14-23(31-22)24-28-20(16-30-24)15-29-21-7-4-17(5-8-21)3-1-2-11-27-12-10-26/h4-10,12-14,16,27H,1-3,11,15,26H2/b12-10-. The van der Waals surface area contributed by atoms with Crippen molar-refractivity contribution in [2.45, 2.75) is 25.9 Å². The molecule has 31 heavy (non-hydrogen) atoms. The summed E-state index contributed by atoms with van der Waals surface area (Å²) < 4.78 is 25.8. The number of aromatic nitrogens is 1. The van der Waals surface area contributed by atoms with Gasteiger partial charge >= 0.3 is 0 Å². The highest BCUT2D eigenvalue weighted by molar-refractivity contribution is 7.22. The highest BCUT2D eigenvalue weighted by Crippen LogP contribution is 2.33. The fraction of sp³-hybridized carbons (Fsp3) is 0.208. The zero-order valence-corrected chi connectivity index (χ0v) is 17.8. The summed E-state index contributed by atoms with van der Waals surface area (Å²) in [6, 6.07) is 14.8. The first-order chi connectivity index (χ1) is 15.2. The summed E-state index contributed by atoms with van der Waals surface area (Å²) in [5.74, 6) is 1.06. The van der Waals surface area contributed by atoms with Crippen molar-refractivity contribution >= 4 is 21.4 Å². The number of oxazole rings is 1. The van der Waals surface area contributed by atoms with Crippen LogP contribution in [0.5, 0.6) is 5.75 Å². The maximum Gasteiger partial charge on any atom is 0.236 e. The van der Waals surface area contributed by atoms with Gasteiger partial charge in [0.15, 0.2) is 0 Å². The van der Waals surface area contributed by atoms with Gasteiger partial charge in [-0.3, -0.25) is 0 Å². The van der Waals surface area contributed by atoms with Gasteiger partial charge in [0.2, 0.25) is 5.89 Å². The molecule has 2 aromatic carbocycles. The Hall–Kier alpha value is -3.32. The van der Waals surface area contributed by atoms with E-state index in [1.165, 1.54) is 35.2 Å². The van der Waals surface area contributed by atoms with Gasteiger partial charge in [0, 0.05) is 23.6 Å². The van der Waals surface area contributed by atoms with Gasteiger partial charge in [-0.25, -0.2) is 9.37 Å². The van der Waals surface area contributed by atoms with Gasteiger partial charge < -0.3 is 20.2 Å². The number of benzene rings is 2. The third kappa shape index (κ3) is 5.64. The Balaban J connectivity index is 1.28. The van der Waals surface area contributed by atoms with Gasteiger partial charge in [0.25, 0.3) is 0 Å². The molecule has 2 heterocycles. The molecule has 0 fully saturated rings. The number of thiophene rings is 1. The molecule has 2 aromatic heterocycles. The van der Waals surface area contributed by atoms with Crippen LogP contribution in [-0.2, 0) is 13.0 Å². The Bertz CT molecular complexity index is 1150. The molecule has 160 valence electrons. The molecule has 0 aliphatic heterocycles. The van der Waals surface area contributed by atoms with Gasteiger partial charge in [-0.15, -0.1) is 11.3 Å². The molecule has 0 aliphatic rings. The van der Waals surface area contributed by atoms with Crippen LogP contribution in [0.3, 0.4) is 0 Å². The van der Waals surface area contributed by atoms with E-state index in [2.05, 4.69) is 22.4 Å². The van der Waals surface area contributed by atoms with E-state index in [1.807, 2.05) is 18.2 Å². The lowest BCUT2D eigenvalue weighted by Gasteiger charge is -2.06. The molecule has 5 nitrogen and oxygen atoms in total. The molecule has 4 aromatic rings. The van der Waals surface area contributed by atoms with E-state index in [0.29, 0.717) is 18.2 Å². The zero-order valence-electron chi connectivity index (χ0n) is 17.0. The monoisotopic (exact) mass is 437 g/mol. The van der Waals surface area contributed by atoms with Crippen LogP contribution in [0.2, 0.25) is 0 Å². The predicted octanol–water partition coefficient (Wildman–Crippen LogP) is 5.62. The van der Waals surface area contributed by atoms with Crippen molar-refractivity contribution in [1.82, 2.24) is 10.3 Å². The average Bonchev–Trinajstić information content (AvgIpc) is 3.42. The number of unbranched alkanes of at least 4 members (excludes halogenated alkanes) is 1. The summed E-state index contributed by atoms with van der Waals surface area (Å²) in [4.78, 5) is 5.37. The molecule has 0 saturated carbocycles. The molecule has 0 bridgehead atoms. The van der Waals surface area contributed by atoms with Crippen molar-refractivity contribution in [2.75, 3.05) is 6.54 Å². The number of halogens is 1. The molecule has 0 unspecified atom stereocenters. The fourth-order valence-corrected chi connectivity index (χ4v) is 4.20. The molecule has 0 saturated heterocycles. The molecule has 0 spiro atoms. The van der Waals surface area contributed by atoms with Crippen molar-refractivity contribution in [3.8, 4) is 16.5 Å². The van der Waals surface area contributed by atoms with Crippen LogP contribution in [0.25, 0.3) is 20.9 Å². The SMILES string of the molecule is N/C=C\NCCCCc1ccc(OCc2coc(-c3cc4cc(F)ccc4s3)n2)cc1.